The van der Waals surface area contributed by atoms with Gasteiger partial charge in [-0.2, -0.15) is 0 Å². The van der Waals surface area contributed by atoms with Crippen molar-refractivity contribution in [3.63, 3.8) is 0 Å². The average Bonchev–Trinajstić information content (AvgIpc) is 3.15. The van der Waals surface area contributed by atoms with E-state index in [1.54, 1.807) is 7.11 Å². The number of anilines is 2. The number of nitrogens with zero attached hydrogens (tertiary/aromatic N) is 6. The smallest absolute Gasteiger partial charge is 0.245 e. The predicted octanol–water partition coefficient (Wildman–Crippen LogP) is 2.26. The summed E-state index contributed by atoms with van der Waals surface area (Å²) in [5, 5.41) is 11.9. The van der Waals surface area contributed by atoms with Gasteiger partial charge < -0.3 is 15.0 Å². The molecule has 138 valence electrons. The Kier molecular flexibility index (Phi) is 4.75. The van der Waals surface area contributed by atoms with Crippen molar-refractivity contribution in [3.05, 3.63) is 42.1 Å². The molecule has 0 spiro atoms. The van der Waals surface area contributed by atoms with Crippen LogP contribution in [0.1, 0.15) is 5.69 Å². The number of pyridine rings is 1. The monoisotopic (exact) mass is 365 g/mol. The van der Waals surface area contributed by atoms with E-state index in [4.69, 9.17) is 14.3 Å². The van der Waals surface area contributed by atoms with E-state index in [2.05, 4.69) is 31.7 Å². The minimum Gasteiger partial charge on any atom is -0.383 e. The van der Waals surface area contributed by atoms with Crippen LogP contribution in [-0.2, 0) is 11.3 Å². The standard InChI is InChI=1S/C18H19N7O2/c1-25(11-13-8-7-12-5-3-4-6-14(12)20-13)18-17(19-9-10-26-2)21-15-16(22-18)24-27-23-15/h3-8H,9-11H2,1-2H3,(H,19,21,23). The number of aromatic nitrogens is 5. The minimum atomic E-state index is 0.357. The Morgan fingerprint density at radius 3 is 2.70 bits per heavy atom. The Hall–Kier alpha value is -3.33. The summed E-state index contributed by atoms with van der Waals surface area (Å²) < 4.78 is 9.83. The maximum Gasteiger partial charge on any atom is 0.245 e. The summed E-state index contributed by atoms with van der Waals surface area (Å²) in [6, 6.07) is 12.1. The van der Waals surface area contributed by atoms with E-state index >= 15 is 0 Å². The average molecular weight is 365 g/mol. The van der Waals surface area contributed by atoms with Crippen LogP contribution in [0.15, 0.2) is 41.0 Å². The van der Waals surface area contributed by atoms with Gasteiger partial charge >= 0.3 is 0 Å². The molecule has 0 unspecified atom stereocenters. The third kappa shape index (κ3) is 3.63. The molecular formula is C18H19N7O2. The number of benzene rings is 1. The molecule has 0 saturated carbocycles. The lowest BCUT2D eigenvalue weighted by Crippen LogP contribution is -2.22. The summed E-state index contributed by atoms with van der Waals surface area (Å²) in [4.78, 5) is 15.7. The number of hydrogen-bond acceptors (Lipinski definition) is 9. The Morgan fingerprint density at radius 1 is 1.04 bits per heavy atom. The molecule has 0 amide bonds. The van der Waals surface area contributed by atoms with E-state index in [1.807, 2.05) is 42.3 Å². The van der Waals surface area contributed by atoms with E-state index in [-0.39, 0.29) is 0 Å². The Balaban J connectivity index is 1.63. The highest BCUT2D eigenvalue weighted by Gasteiger charge is 2.16. The molecule has 4 aromatic rings. The van der Waals surface area contributed by atoms with Crippen molar-refractivity contribution < 1.29 is 9.37 Å². The fourth-order valence-electron chi connectivity index (χ4n) is 2.80. The number of hydrogen-bond donors (Lipinski definition) is 1. The first-order chi connectivity index (χ1) is 13.2. The van der Waals surface area contributed by atoms with Gasteiger partial charge in [-0.3, -0.25) is 4.98 Å². The molecule has 1 N–H and O–H groups in total. The topological polar surface area (TPSA) is 102 Å². The molecule has 3 heterocycles. The summed E-state index contributed by atoms with van der Waals surface area (Å²) in [6.45, 7) is 1.71. The zero-order valence-corrected chi connectivity index (χ0v) is 15.1. The molecule has 4 rings (SSSR count). The fraction of sp³-hybridized carbons (Fsp3) is 0.278. The van der Waals surface area contributed by atoms with Gasteiger partial charge in [0, 0.05) is 26.1 Å². The van der Waals surface area contributed by atoms with Crippen molar-refractivity contribution in [1.29, 1.82) is 0 Å². The van der Waals surface area contributed by atoms with Gasteiger partial charge in [0.05, 0.1) is 24.4 Å². The second-order valence-corrected chi connectivity index (χ2v) is 6.08. The van der Waals surface area contributed by atoms with E-state index < -0.39 is 0 Å². The summed E-state index contributed by atoms with van der Waals surface area (Å²) in [5.41, 5.74) is 2.61. The second kappa shape index (κ2) is 7.50. The first-order valence-corrected chi connectivity index (χ1v) is 8.53. The van der Waals surface area contributed by atoms with Crippen molar-refractivity contribution in [1.82, 2.24) is 25.3 Å². The molecule has 3 aromatic heterocycles. The van der Waals surface area contributed by atoms with Gasteiger partial charge in [0.25, 0.3) is 0 Å². The number of ether oxygens (including phenoxy) is 1. The third-order valence-corrected chi connectivity index (χ3v) is 4.11. The molecule has 27 heavy (non-hydrogen) atoms. The van der Waals surface area contributed by atoms with Crippen molar-refractivity contribution in [2.24, 2.45) is 0 Å². The lowest BCUT2D eigenvalue weighted by Gasteiger charge is -2.20. The zero-order chi connectivity index (χ0) is 18.6. The quantitative estimate of drug-likeness (QED) is 0.494. The van der Waals surface area contributed by atoms with E-state index in [0.717, 1.165) is 16.6 Å². The molecule has 0 aliphatic carbocycles. The molecule has 9 nitrogen and oxygen atoms in total. The van der Waals surface area contributed by atoms with Gasteiger partial charge in [0.2, 0.25) is 11.3 Å². The highest BCUT2D eigenvalue weighted by molar-refractivity contribution is 5.78. The van der Waals surface area contributed by atoms with E-state index in [1.165, 1.54) is 0 Å². The molecule has 0 fully saturated rings. The lowest BCUT2D eigenvalue weighted by molar-refractivity contribution is 0.210. The molecule has 0 atom stereocenters. The molecule has 0 saturated heterocycles. The van der Waals surface area contributed by atoms with E-state index in [0.29, 0.717) is 42.6 Å². The van der Waals surface area contributed by atoms with Gasteiger partial charge in [-0.15, -0.1) is 0 Å². The van der Waals surface area contributed by atoms with Gasteiger partial charge in [0.1, 0.15) is 0 Å². The first kappa shape index (κ1) is 17.1. The zero-order valence-electron chi connectivity index (χ0n) is 15.1. The number of nitrogens with one attached hydrogen (secondary N) is 1. The largest absolute Gasteiger partial charge is 0.383 e. The number of para-hydroxylation sites is 1. The van der Waals surface area contributed by atoms with Gasteiger partial charge in [-0.1, -0.05) is 24.3 Å². The fourth-order valence-corrected chi connectivity index (χ4v) is 2.80. The van der Waals surface area contributed by atoms with Crippen molar-refractivity contribution in [3.8, 4) is 0 Å². The number of fused-ring (bicyclic) bond motifs is 2. The van der Waals surface area contributed by atoms with Crippen molar-refractivity contribution >= 4 is 33.8 Å². The third-order valence-electron chi connectivity index (χ3n) is 4.11. The summed E-state index contributed by atoms with van der Waals surface area (Å²) in [5.74, 6) is 1.24. The molecule has 1 aromatic carbocycles. The number of rotatable bonds is 7. The second-order valence-electron chi connectivity index (χ2n) is 6.08. The normalized spacial score (nSPS) is 11.2. The maximum atomic E-state index is 5.09. The van der Waals surface area contributed by atoms with Crippen LogP contribution in [0.2, 0.25) is 0 Å². The van der Waals surface area contributed by atoms with Crippen molar-refractivity contribution in [2.45, 2.75) is 6.54 Å². The van der Waals surface area contributed by atoms with Crippen LogP contribution >= 0.6 is 0 Å². The summed E-state index contributed by atoms with van der Waals surface area (Å²) in [7, 11) is 3.58. The molecular weight excluding hydrogens is 346 g/mol. The Labute approximate surface area is 155 Å². The summed E-state index contributed by atoms with van der Waals surface area (Å²) in [6.07, 6.45) is 0. The lowest BCUT2D eigenvalue weighted by atomic mass is 10.2. The van der Waals surface area contributed by atoms with Crippen LogP contribution in [-0.4, -0.2) is 52.6 Å². The maximum absolute atomic E-state index is 5.09. The van der Waals surface area contributed by atoms with Crippen LogP contribution in [0.25, 0.3) is 22.2 Å². The highest BCUT2D eigenvalue weighted by atomic mass is 16.6. The SMILES string of the molecule is COCCNc1nc2nonc2nc1N(C)Cc1ccc2ccccc2n1. The number of methoxy groups -OCH3 is 1. The van der Waals surface area contributed by atoms with Gasteiger partial charge in [-0.05, 0) is 22.4 Å². The van der Waals surface area contributed by atoms with Crippen LogP contribution in [0.5, 0.6) is 0 Å². The van der Waals surface area contributed by atoms with Crippen LogP contribution in [0, 0.1) is 0 Å². The molecule has 0 aliphatic rings. The van der Waals surface area contributed by atoms with Crippen LogP contribution in [0.3, 0.4) is 0 Å². The highest BCUT2D eigenvalue weighted by Crippen LogP contribution is 2.24. The Bertz CT molecular complexity index is 1070. The first-order valence-electron chi connectivity index (χ1n) is 8.53. The predicted molar refractivity (Wildman–Crippen MR) is 102 cm³/mol. The minimum absolute atomic E-state index is 0.357. The van der Waals surface area contributed by atoms with E-state index in [9.17, 15) is 0 Å². The Morgan fingerprint density at radius 2 is 1.85 bits per heavy atom. The summed E-state index contributed by atoms with van der Waals surface area (Å²) >= 11 is 0. The van der Waals surface area contributed by atoms with Crippen molar-refractivity contribution in [2.75, 3.05) is 37.5 Å². The van der Waals surface area contributed by atoms with Crippen LogP contribution in [0.4, 0.5) is 11.6 Å². The van der Waals surface area contributed by atoms with Gasteiger partial charge in [0.15, 0.2) is 11.6 Å². The van der Waals surface area contributed by atoms with Gasteiger partial charge in [-0.25, -0.2) is 14.6 Å². The molecule has 0 aliphatic heterocycles. The molecule has 0 radical (unpaired) electrons. The molecule has 0 bridgehead atoms. The molecule has 9 heteroatoms. The van der Waals surface area contributed by atoms with Crippen LogP contribution < -0.4 is 10.2 Å².